The molecule has 0 saturated heterocycles. The van der Waals surface area contributed by atoms with Crippen molar-refractivity contribution >= 4 is 21.8 Å². The normalized spacial score (nSPS) is 11.2. The monoisotopic (exact) mass is 329 g/mol. The van der Waals surface area contributed by atoms with Gasteiger partial charge in [0.2, 0.25) is 5.91 Å². The Morgan fingerprint density at radius 2 is 1.89 bits per heavy atom. The summed E-state index contributed by atoms with van der Waals surface area (Å²) in [4.78, 5) is 16.6. The van der Waals surface area contributed by atoms with Crippen molar-refractivity contribution in [1.82, 2.24) is 5.48 Å². The molecule has 106 valence electrons. The van der Waals surface area contributed by atoms with Crippen LogP contribution in [0.3, 0.4) is 0 Å². The van der Waals surface area contributed by atoms with E-state index in [1.165, 1.54) is 0 Å². The van der Waals surface area contributed by atoms with Crippen molar-refractivity contribution < 1.29 is 14.4 Å². The molecule has 0 heterocycles. The molecule has 1 amide bonds. The Hall–Kier alpha value is -1.07. The van der Waals surface area contributed by atoms with E-state index in [-0.39, 0.29) is 11.5 Å². The quantitative estimate of drug-likeness (QED) is 0.642. The van der Waals surface area contributed by atoms with Gasteiger partial charge in [0.05, 0.1) is 12.2 Å². The summed E-state index contributed by atoms with van der Waals surface area (Å²) in [5, 5.41) is 0. The fraction of sp³-hybridized carbons (Fsp3) is 0.500. The second-order valence-corrected chi connectivity index (χ2v) is 6.06. The molecule has 1 aromatic rings. The van der Waals surface area contributed by atoms with Crippen LogP contribution >= 0.6 is 15.9 Å². The van der Waals surface area contributed by atoms with Gasteiger partial charge in [-0.1, -0.05) is 15.9 Å². The summed E-state index contributed by atoms with van der Waals surface area (Å²) < 4.78 is 6.53. The van der Waals surface area contributed by atoms with Crippen LogP contribution < -0.4 is 10.2 Å². The molecular weight excluding hydrogens is 310 g/mol. The highest BCUT2D eigenvalue weighted by Gasteiger charge is 2.12. The van der Waals surface area contributed by atoms with E-state index in [9.17, 15) is 4.79 Å². The number of hydrogen-bond donors (Lipinski definition) is 1. The predicted molar refractivity (Wildman–Crippen MR) is 77.9 cm³/mol. The van der Waals surface area contributed by atoms with Crippen molar-refractivity contribution in [2.45, 2.75) is 39.2 Å². The average molecular weight is 330 g/mol. The van der Waals surface area contributed by atoms with E-state index in [0.717, 1.165) is 10.2 Å². The van der Waals surface area contributed by atoms with Gasteiger partial charge in [0.15, 0.2) is 0 Å². The topological polar surface area (TPSA) is 47.6 Å². The molecule has 0 unspecified atom stereocenters. The minimum absolute atomic E-state index is 0.130. The lowest BCUT2D eigenvalue weighted by Gasteiger charge is -2.18. The standard InChI is InChI=1S/C14H20BrNO3/c1-14(2,3)19-16-13(17)5-4-10-18-12-8-6-11(15)7-9-12/h6-9H,4-5,10H2,1-3H3,(H,16,17). The van der Waals surface area contributed by atoms with Gasteiger partial charge in [-0.2, -0.15) is 0 Å². The lowest BCUT2D eigenvalue weighted by Crippen LogP contribution is -2.33. The van der Waals surface area contributed by atoms with Crippen LogP contribution in [0.25, 0.3) is 0 Å². The predicted octanol–water partition coefficient (Wildman–Crippen LogP) is 3.45. The number of benzene rings is 1. The van der Waals surface area contributed by atoms with Gasteiger partial charge in [-0.05, 0) is 51.5 Å². The summed E-state index contributed by atoms with van der Waals surface area (Å²) in [6, 6.07) is 7.60. The fourth-order valence-electron chi connectivity index (χ4n) is 1.21. The molecule has 4 nitrogen and oxygen atoms in total. The van der Waals surface area contributed by atoms with Crippen LogP contribution in [-0.2, 0) is 9.63 Å². The molecule has 0 atom stereocenters. The van der Waals surface area contributed by atoms with Gasteiger partial charge in [0, 0.05) is 10.9 Å². The minimum Gasteiger partial charge on any atom is -0.494 e. The molecule has 0 aliphatic heterocycles. The maximum atomic E-state index is 11.4. The van der Waals surface area contributed by atoms with Crippen LogP contribution in [0.1, 0.15) is 33.6 Å². The summed E-state index contributed by atoms with van der Waals surface area (Å²) in [5.41, 5.74) is 2.06. The average Bonchev–Trinajstić information content (AvgIpc) is 2.33. The number of rotatable bonds is 6. The summed E-state index contributed by atoms with van der Waals surface area (Å²) >= 11 is 3.36. The minimum atomic E-state index is -0.371. The first-order chi connectivity index (χ1) is 8.87. The zero-order chi connectivity index (χ0) is 14.3. The molecule has 0 aromatic heterocycles. The molecule has 0 radical (unpaired) electrons. The van der Waals surface area contributed by atoms with Crippen LogP contribution in [-0.4, -0.2) is 18.1 Å². The molecule has 0 spiro atoms. The van der Waals surface area contributed by atoms with E-state index in [1.807, 2.05) is 45.0 Å². The van der Waals surface area contributed by atoms with E-state index >= 15 is 0 Å². The van der Waals surface area contributed by atoms with Crippen LogP contribution in [0.2, 0.25) is 0 Å². The summed E-state index contributed by atoms with van der Waals surface area (Å²) in [7, 11) is 0. The Balaban J connectivity index is 2.13. The van der Waals surface area contributed by atoms with E-state index < -0.39 is 0 Å². The molecule has 0 saturated carbocycles. The first-order valence-electron chi connectivity index (χ1n) is 6.22. The van der Waals surface area contributed by atoms with Gasteiger partial charge >= 0.3 is 0 Å². The lowest BCUT2D eigenvalue weighted by atomic mass is 10.2. The third-order valence-electron chi connectivity index (χ3n) is 2.10. The van der Waals surface area contributed by atoms with Crippen molar-refractivity contribution in [2.24, 2.45) is 0 Å². The molecule has 0 aliphatic rings. The Kier molecular flexibility index (Phi) is 6.31. The summed E-state index contributed by atoms with van der Waals surface area (Å²) in [5.74, 6) is 0.670. The number of ether oxygens (including phenoxy) is 1. The third kappa shape index (κ3) is 7.85. The third-order valence-corrected chi connectivity index (χ3v) is 2.63. The summed E-state index contributed by atoms with van der Waals surface area (Å²) in [6.45, 7) is 6.14. The molecule has 19 heavy (non-hydrogen) atoms. The lowest BCUT2D eigenvalue weighted by molar-refractivity contribution is -0.145. The molecule has 0 fully saturated rings. The zero-order valence-corrected chi connectivity index (χ0v) is 13.1. The maximum absolute atomic E-state index is 11.4. The second kappa shape index (κ2) is 7.50. The van der Waals surface area contributed by atoms with Crippen molar-refractivity contribution in [1.29, 1.82) is 0 Å². The molecule has 5 heteroatoms. The number of carbonyl (C=O) groups is 1. The van der Waals surface area contributed by atoms with Crippen molar-refractivity contribution in [3.63, 3.8) is 0 Å². The van der Waals surface area contributed by atoms with Gasteiger partial charge in [-0.15, -0.1) is 0 Å². The first-order valence-corrected chi connectivity index (χ1v) is 7.01. The Morgan fingerprint density at radius 1 is 1.26 bits per heavy atom. The highest BCUT2D eigenvalue weighted by Crippen LogP contribution is 2.16. The molecule has 1 aromatic carbocycles. The SMILES string of the molecule is CC(C)(C)ONC(=O)CCCOc1ccc(Br)cc1. The van der Waals surface area contributed by atoms with Gasteiger partial charge < -0.3 is 4.74 Å². The molecule has 0 aliphatic carbocycles. The molecule has 1 rings (SSSR count). The largest absolute Gasteiger partial charge is 0.494 e. The van der Waals surface area contributed by atoms with E-state index in [0.29, 0.717) is 19.4 Å². The van der Waals surface area contributed by atoms with Crippen molar-refractivity contribution in [3.8, 4) is 5.75 Å². The first kappa shape index (κ1) is 16.0. The van der Waals surface area contributed by atoms with Gasteiger partial charge in [0.1, 0.15) is 5.75 Å². The molecular formula is C14H20BrNO3. The highest BCUT2D eigenvalue weighted by molar-refractivity contribution is 9.10. The van der Waals surface area contributed by atoms with E-state index in [1.54, 1.807) is 0 Å². The molecule has 0 bridgehead atoms. The zero-order valence-electron chi connectivity index (χ0n) is 11.5. The fourth-order valence-corrected chi connectivity index (χ4v) is 1.48. The maximum Gasteiger partial charge on any atom is 0.243 e. The number of carbonyl (C=O) groups excluding carboxylic acids is 1. The van der Waals surface area contributed by atoms with Gasteiger partial charge in [-0.3, -0.25) is 9.63 Å². The van der Waals surface area contributed by atoms with Crippen LogP contribution in [0.5, 0.6) is 5.75 Å². The van der Waals surface area contributed by atoms with Crippen molar-refractivity contribution in [3.05, 3.63) is 28.7 Å². The van der Waals surface area contributed by atoms with Crippen LogP contribution in [0.4, 0.5) is 0 Å². The van der Waals surface area contributed by atoms with Gasteiger partial charge in [-0.25, -0.2) is 5.48 Å². The number of nitrogens with one attached hydrogen (secondary N) is 1. The Morgan fingerprint density at radius 3 is 2.47 bits per heavy atom. The van der Waals surface area contributed by atoms with Crippen molar-refractivity contribution in [2.75, 3.05) is 6.61 Å². The second-order valence-electron chi connectivity index (χ2n) is 5.15. The number of amides is 1. The Labute approximate surface area is 122 Å². The Bertz CT molecular complexity index is 398. The summed E-state index contributed by atoms with van der Waals surface area (Å²) in [6.07, 6.45) is 1.03. The highest BCUT2D eigenvalue weighted by atomic mass is 79.9. The van der Waals surface area contributed by atoms with Gasteiger partial charge in [0.25, 0.3) is 0 Å². The van der Waals surface area contributed by atoms with Crippen LogP contribution in [0.15, 0.2) is 28.7 Å². The number of halogens is 1. The number of hydroxylamine groups is 1. The number of hydrogen-bond acceptors (Lipinski definition) is 3. The van der Waals surface area contributed by atoms with E-state index in [2.05, 4.69) is 21.4 Å². The van der Waals surface area contributed by atoms with E-state index in [4.69, 9.17) is 9.57 Å². The smallest absolute Gasteiger partial charge is 0.243 e. The van der Waals surface area contributed by atoms with Crippen LogP contribution in [0, 0.1) is 0 Å². The molecule has 1 N–H and O–H groups in total.